The van der Waals surface area contributed by atoms with Crippen molar-refractivity contribution in [3.8, 4) is 0 Å². The van der Waals surface area contributed by atoms with Crippen LogP contribution in [0.4, 0.5) is 4.39 Å². The Balaban J connectivity index is 2.12. The second-order valence-electron chi connectivity index (χ2n) is 6.54. The second kappa shape index (κ2) is 8.60. The molecule has 3 amide bonds. The van der Waals surface area contributed by atoms with Gasteiger partial charge in [0.15, 0.2) is 0 Å². The van der Waals surface area contributed by atoms with Gasteiger partial charge in [0.05, 0.1) is 12.0 Å². The van der Waals surface area contributed by atoms with Gasteiger partial charge in [0.25, 0.3) is 5.91 Å². The monoisotopic (exact) mass is 349 g/mol. The van der Waals surface area contributed by atoms with Crippen LogP contribution in [-0.4, -0.2) is 41.8 Å². The number of halogens is 1. The predicted molar refractivity (Wildman–Crippen MR) is 91.1 cm³/mol. The first kappa shape index (κ1) is 18.9. The molecule has 136 valence electrons. The van der Waals surface area contributed by atoms with Gasteiger partial charge in [-0.1, -0.05) is 19.1 Å². The number of rotatable bonds is 5. The zero-order valence-corrected chi connectivity index (χ0v) is 14.3. The summed E-state index contributed by atoms with van der Waals surface area (Å²) >= 11 is 0. The van der Waals surface area contributed by atoms with Crippen molar-refractivity contribution < 1.29 is 18.8 Å². The fraction of sp³-hybridized carbons (Fsp3) is 0.500. The van der Waals surface area contributed by atoms with Gasteiger partial charge in [0.2, 0.25) is 11.8 Å². The van der Waals surface area contributed by atoms with Crippen molar-refractivity contribution in [3.63, 3.8) is 0 Å². The Bertz CT molecular complexity index is 650. The summed E-state index contributed by atoms with van der Waals surface area (Å²) in [6.07, 6.45) is 2.46. The van der Waals surface area contributed by atoms with E-state index in [0.29, 0.717) is 19.0 Å². The molecule has 7 heteroatoms. The molecule has 3 N–H and O–H groups in total. The third-order valence-corrected chi connectivity index (χ3v) is 4.46. The molecule has 0 bridgehead atoms. The Hall–Kier alpha value is -2.44. The van der Waals surface area contributed by atoms with Crippen LogP contribution in [0.25, 0.3) is 0 Å². The molecule has 0 radical (unpaired) electrons. The fourth-order valence-corrected chi connectivity index (χ4v) is 2.99. The number of amides is 3. The van der Waals surface area contributed by atoms with Crippen LogP contribution in [0.15, 0.2) is 24.3 Å². The topological polar surface area (TPSA) is 92.5 Å². The van der Waals surface area contributed by atoms with E-state index in [1.807, 2.05) is 0 Å². The van der Waals surface area contributed by atoms with Crippen LogP contribution in [0.3, 0.4) is 0 Å². The summed E-state index contributed by atoms with van der Waals surface area (Å²) < 4.78 is 13.8. The summed E-state index contributed by atoms with van der Waals surface area (Å²) in [6.45, 7) is 3.29. The highest BCUT2D eigenvalue weighted by Gasteiger charge is 2.29. The van der Waals surface area contributed by atoms with E-state index in [9.17, 15) is 18.8 Å². The van der Waals surface area contributed by atoms with Crippen LogP contribution in [0.1, 0.15) is 43.0 Å². The van der Waals surface area contributed by atoms with Crippen molar-refractivity contribution in [2.75, 3.05) is 13.1 Å². The lowest BCUT2D eigenvalue weighted by Crippen LogP contribution is -2.50. The van der Waals surface area contributed by atoms with Crippen molar-refractivity contribution in [1.29, 1.82) is 0 Å². The molecular formula is C18H24FN3O3. The molecule has 0 aliphatic carbocycles. The molecule has 2 rings (SSSR count). The summed E-state index contributed by atoms with van der Waals surface area (Å²) in [5.74, 6) is -1.94. The molecule has 2 atom stereocenters. The molecule has 1 aliphatic heterocycles. The number of likely N-dealkylation sites (tertiary alicyclic amines) is 1. The van der Waals surface area contributed by atoms with Crippen LogP contribution in [0.2, 0.25) is 0 Å². The number of carbonyl (C=O) groups is 3. The second-order valence-corrected chi connectivity index (χ2v) is 6.54. The van der Waals surface area contributed by atoms with Gasteiger partial charge in [-0.3, -0.25) is 14.4 Å². The Morgan fingerprint density at radius 3 is 2.68 bits per heavy atom. The minimum atomic E-state index is -1.09. The van der Waals surface area contributed by atoms with Crippen molar-refractivity contribution in [3.05, 3.63) is 35.6 Å². The first-order valence-electron chi connectivity index (χ1n) is 8.51. The number of nitrogens with one attached hydrogen (secondary N) is 1. The standard InChI is InChI=1S/C18H24FN3O3/c1-12-5-4-9-22(10-8-12)18(25)15(11-16(20)23)21-17(24)13-6-2-3-7-14(13)19/h2-3,6-7,12,15H,4-5,8-11H2,1H3,(H2,20,23)(H,21,24). The highest BCUT2D eigenvalue weighted by atomic mass is 19.1. The highest BCUT2D eigenvalue weighted by Crippen LogP contribution is 2.17. The molecule has 1 saturated heterocycles. The Morgan fingerprint density at radius 2 is 2.00 bits per heavy atom. The van der Waals surface area contributed by atoms with E-state index in [0.717, 1.165) is 25.3 Å². The minimum Gasteiger partial charge on any atom is -0.370 e. The largest absolute Gasteiger partial charge is 0.370 e. The van der Waals surface area contributed by atoms with Crippen LogP contribution < -0.4 is 11.1 Å². The van der Waals surface area contributed by atoms with Crippen molar-refractivity contribution in [1.82, 2.24) is 10.2 Å². The molecule has 2 unspecified atom stereocenters. The van der Waals surface area contributed by atoms with E-state index in [-0.39, 0.29) is 17.9 Å². The number of nitrogens with two attached hydrogens (primary N) is 1. The third kappa shape index (κ3) is 5.27. The molecule has 1 heterocycles. The lowest BCUT2D eigenvalue weighted by atomic mass is 10.0. The summed E-state index contributed by atoms with van der Waals surface area (Å²) in [7, 11) is 0. The summed E-state index contributed by atoms with van der Waals surface area (Å²) in [6, 6.07) is 4.40. The molecular weight excluding hydrogens is 325 g/mol. The van der Waals surface area contributed by atoms with Gasteiger partial charge in [-0.25, -0.2) is 4.39 Å². The van der Waals surface area contributed by atoms with Crippen molar-refractivity contribution in [2.24, 2.45) is 11.7 Å². The minimum absolute atomic E-state index is 0.172. The maximum atomic E-state index is 13.8. The van der Waals surface area contributed by atoms with E-state index in [4.69, 9.17) is 5.73 Å². The first-order chi connectivity index (χ1) is 11.9. The lowest BCUT2D eigenvalue weighted by Gasteiger charge is -2.26. The molecule has 1 aromatic rings. The molecule has 1 aromatic carbocycles. The maximum Gasteiger partial charge on any atom is 0.254 e. The van der Waals surface area contributed by atoms with E-state index in [1.54, 1.807) is 4.90 Å². The van der Waals surface area contributed by atoms with E-state index in [2.05, 4.69) is 12.2 Å². The van der Waals surface area contributed by atoms with E-state index in [1.165, 1.54) is 18.2 Å². The van der Waals surface area contributed by atoms with Gasteiger partial charge in [-0.05, 0) is 37.3 Å². The molecule has 0 aromatic heterocycles. The Kier molecular flexibility index (Phi) is 6.50. The summed E-state index contributed by atoms with van der Waals surface area (Å²) in [4.78, 5) is 38.0. The molecule has 25 heavy (non-hydrogen) atoms. The lowest BCUT2D eigenvalue weighted by molar-refractivity contribution is -0.135. The van der Waals surface area contributed by atoms with E-state index < -0.39 is 23.7 Å². The smallest absolute Gasteiger partial charge is 0.254 e. The Morgan fingerprint density at radius 1 is 1.28 bits per heavy atom. The zero-order chi connectivity index (χ0) is 18.4. The summed E-state index contributed by atoms with van der Waals surface area (Å²) in [5, 5.41) is 2.46. The van der Waals surface area contributed by atoms with Crippen molar-refractivity contribution >= 4 is 17.7 Å². The maximum absolute atomic E-state index is 13.8. The molecule has 1 fully saturated rings. The number of primary amides is 1. The quantitative estimate of drug-likeness (QED) is 0.843. The number of hydrogen-bond donors (Lipinski definition) is 2. The van der Waals surface area contributed by atoms with Gasteiger partial charge in [-0.2, -0.15) is 0 Å². The fourth-order valence-electron chi connectivity index (χ4n) is 2.99. The van der Waals surface area contributed by atoms with Gasteiger partial charge in [0.1, 0.15) is 11.9 Å². The normalized spacial score (nSPS) is 19.0. The Labute approximate surface area is 146 Å². The highest BCUT2D eigenvalue weighted by molar-refractivity contribution is 5.99. The summed E-state index contributed by atoms with van der Waals surface area (Å²) in [5.41, 5.74) is 5.05. The van der Waals surface area contributed by atoms with Gasteiger partial charge >= 0.3 is 0 Å². The average Bonchev–Trinajstić information content (AvgIpc) is 2.78. The van der Waals surface area contributed by atoms with Crippen LogP contribution in [-0.2, 0) is 9.59 Å². The predicted octanol–water partition coefficient (Wildman–Crippen LogP) is 1.45. The first-order valence-corrected chi connectivity index (χ1v) is 8.51. The molecule has 0 spiro atoms. The zero-order valence-electron chi connectivity index (χ0n) is 14.3. The van der Waals surface area contributed by atoms with Crippen LogP contribution >= 0.6 is 0 Å². The van der Waals surface area contributed by atoms with E-state index >= 15 is 0 Å². The van der Waals surface area contributed by atoms with Crippen LogP contribution in [0, 0.1) is 11.7 Å². The van der Waals surface area contributed by atoms with Crippen molar-refractivity contribution in [2.45, 2.75) is 38.6 Å². The van der Waals surface area contributed by atoms with Gasteiger partial charge in [0, 0.05) is 13.1 Å². The third-order valence-electron chi connectivity index (χ3n) is 4.46. The number of benzene rings is 1. The SMILES string of the molecule is CC1CCCN(C(=O)C(CC(N)=O)NC(=O)c2ccccc2F)CC1. The molecule has 6 nitrogen and oxygen atoms in total. The van der Waals surface area contributed by atoms with Gasteiger partial charge in [-0.15, -0.1) is 0 Å². The van der Waals surface area contributed by atoms with Gasteiger partial charge < -0.3 is 16.0 Å². The number of nitrogens with zero attached hydrogens (tertiary/aromatic N) is 1. The van der Waals surface area contributed by atoms with Crippen LogP contribution in [0.5, 0.6) is 0 Å². The molecule has 0 saturated carbocycles. The molecule has 1 aliphatic rings. The number of carbonyl (C=O) groups excluding carboxylic acids is 3. The number of hydrogen-bond acceptors (Lipinski definition) is 3. The average molecular weight is 349 g/mol.